The second-order valence-electron chi connectivity index (χ2n) is 5.59. The lowest BCUT2D eigenvalue weighted by atomic mass is 10.2. The number of nitrogens with one attached hydrogen (secondary N) is 2. The molecule has 0 radical (unpaired) electrons. The van der Waals surface area contributed by atoms with Crippen molar-refractivity contribution in [3.63, 3.8) is 0 Å². The summed E-state index contributed by atoms with van der Waals surface area (Å²) < 4.78 is 0.989. The zero-order valence-corrected chi connectivity index (χ0v) is 15.6. The fraction of sp³-hybridized carbons (Fsp3) is 0. The first-order chi connectivity index (χ1) is 13.3. The van der Waals surface area contributed by atoms with E-state index in [9.17, 15) is 0 Å². The zero-order valence-electron chi connectivity index (χ0n) is 14.0. The smallest absolute Gasteiger partial charge is 0.176 e. The van der Waals surface area contributed by atoms with Crippen LogP contribution in [0.2, 0.25) is 0 Å². The van der Waals surface area contributed by atoms with Crippen LogP contribution in [0.3, 0.4) is 0 Å². The number of anilines is 3. The standard InChI is InChI=1S/C19H14BrN7/c20-13-4-3-5-14(10-13)24-19-16-11-15(7-8-17(16)22-12-23-19)25-27-26-18-6-1-2-9-21-18/h1-12H,(H,21,25,26)(H,22,23,24). The van der Waals surface area contributed by atoms with Gasteiger partial charge in [0.05, 0.1) is 11.2 Å². The third-order valence-corrected chi connectivity index (χ3v) is 4.20. The summed E-state index contributed by atoms with van der Waals surface area (Å²) in [6, 6.07) is 19.1. The minimum atomic E-state index is 0.533. The number of hydrogen-bond donors (Lipinski definition) is 2. The van der Waals surface area contributed by atoms with E-state index in [1.807, 2.05) is 54.6 Å². The summed E-state index contributed by atoms with van der Waals surface area (Å²) in [6.07, 6.45) is 3.21. The third kappa shape index (κ3) is 4.24. The molecule has 0 spiro atoms. The molecule has 0 bridgehead atoms. The van der Waals surface area contributed by atoms with Crippen LogP contribution in [-0.4, -0.2) is 15.0 Å². The molecule has 0 aliphatic carbocycles. The van der Waals surface area contributed by atoms with E-state index in [0.717, 1.165) is 26.8 Å². The van der Waals surface area contributed by atoms with Gasteiger partial charge in [-0.1, -0.05) is 33.3 Å². The van der Waals surface area contributed by atoms with Gasteiger partial charge in [-0.3, -0.25) is 5.43 Å². The molecular formula is C19H14BrN7. The molecule has 0 unspecified atom stereocenters. The number of aromatic nitrogens is 3. The molecule has 2 aromatic heterocycles. The first kappa shape index (κ1) is 17.0. The van der Waals surface area contributed by atoms with Gasteiger partial charge in [0.1, 0.15) is 12.1 Å². The fourth-order valence-electron chi connectivity index (χ4n) is 2.48. The highest BCUT2D eigenvalue weighted by Crippen LogP contribution is 2.27. The normalized spacial score (nSPS) is 11.0. The number of pyridine rings is 1. The van der Waals surface area contributed by atoms with Crippen LogP contribution in [0.5, 0.6) is 0 Å². The van der Waals surface area contributed by atoms with Gasteiger partial charge in [-0.05, 0) is 48.5 Å². The van der Waals surface area contributed by atoms with Gasteiger partial charge in [0.25, 0.3) is 0 Å². The maximum Gasteiger partial charge on any atom is 0.176 e. The highest BCUT2D eigenvalue weighted by Gasteiger charge is 2.06. The van der Waals surface area contributed by atoms with Crippen LogP contribution >= 0.6 is 15.9 Å². The molecule has 0 aliphatic heterocycles. The van der Waals surface area contributed by atoms with E-state index in [1.165, 1.54) is 6.33 Å². The van der Waals surface area contributed by atoms with Crippen LogP contribution < -0.4 is 10.7 Å². The van der Waals surface area contributed by atoms with Crippen molar-refractivity contribution < 1.29 is 0 Å². The van der Waals surface area contributed by atoms with Crippen LogP contribution in [-0.2, 0) is 0 Å². The molecule has 8 heteroatoms. The second-order valence-corrected chi connectivity index (χ2v) is 6.50. The summed E-state index contributed by atoms with van der Waals surface area (Å²) in [5, 5.41) is 12.2. The topological polar surface area (TPSA) is 87.5 Å². The molecule has 0 amide bonds. The van der Waals surface area contributed by atoms with Crippen molar-refractivity contribution in [2.45, 2.75) is 0 Å². The number of benzene rings is 2. The molecule has 0 saturated heterocycles. The SMILES string of the molecule is Brc1cccc(Nc2ncnc3ccc(N/N=N/c4ccccn4)cc23)c1. The molecule has 2 N–H and O–H groups in total. The number of fused-ring (bicyclic) bond motifs is 1. The number of halogens is 1. The van der Waals surface area contributed by atoms with Gasteiger partial charge in [-0.2, -0.15) is 0 Å². The highest BCUT2D eigenvalue weighted by molar-refractivity contribution is 9.10. The van der Waals surface area contributed by atoms with Crippen LogP contribution in [0.4, 0.5) is 23.0 Å². The Balaban J connectivity index is 1.60. The molecule has 27 heavy (non-hydrogen) atoms. The zero-order chi connectivity index (χ0) is 18.5. The predicted molar refractivity (Wildman–Crippen MR) is 109 cm³/mol. The first-order valence-corrected chi connectivity index (χ1v) is 8.92. The maximum absolute atomic E-state index is 4.37. The average Bonchev–Trinajstić information content (AvgIpc) is 2.69. The summed E-state index contributed by atoms with van der Waals surface area (Å²) in [5.41, 5.74) is 5.44. The van der Waals surface area contributed by atoms with E-state index in [-0.39, 0.29) is 0 Å². The van der Waals surface area contributed by atoms with E-state index >= 15 is 0 Å². The molecule has 0 saturated carbocycles. The summed E-state index contributed by atoms with van der Waals surface area (Å²) in [5.74, 6) is 1.24. The second kappa shape index (κ2) is 7.88. The Bertz CT molecular complexity index is 1100. The van der Waals surface area contributed by atoms with E-state index in [0.29, 0.717) is 11.6 Å². The molecule has 0 aliphatic rings. The van der Waals surface area contributed by atoms with Gasteiger partial charge in [0.2, 0.25) is 0 Å². The molecular weight excluding hydrogens is 406 g/mol. The van der Waals surface area contributed by atoms with Crippen LogP contribution in [0.15, 0.2) is 88.0 Å². The summed E-state index contributed by atoms with van der Waals surface area (Å²) >= 11 is 3.47. The van der Waals surface area contributed by atoms with Crippen molar-refractivity contribution in [3.8, 4) is 0 Å². The quantitative estimate of drug-likeness (QED) is 0.322. The van der Waals surface area contributed by atoms with Gasteiger partial charge < -0.3 is 5.32 Å². The van der Waals surface area contributed by atoms with Gasteiger partial charge in [0, 0.05) is 21.7 Å². The number of nitrogens with zero attached hydrogens (tertiary/aromatic N) is 5. The minimum Gasteiger partial charge on any atom is -0.340 e. The van der Waals surface area contributed by atoms with Crippen LogP contribution in [0.1, 0.15) is 0 Å². The Hall–Kier alpha value is -3.39. The largest absolute Gasteiger partial charge is 0.340 e. The van der Waals surface area contributed by atoms with Crippen molar-refractivity contribution in [2.75, 3.05) is 10.7 Å². The molecule has 0 fully saturated rings. The summed E-state index contributed by atoms with van der Waals surface area (Å²) in [7, 11) is 0. The Morgan fingerprint density at radius 2 is 1.81 bits per heavy atom. The van der Waals surface area contributed by atoms with Crippen LogP contribution in [0, 0.1) is 0 Å². The van der Waals surface area contributed by atoms with Crippen molar-refractivity contribution in [1.82, 2.24) is 15.0 Å². The molecule has 4 aromatic rings. The van der Waals surface area contributed by atoms with Crippen molar-refractivity contribution >= 4 is 49.8 Å². The third-order valence-electron chi connectivity index (χ3n) is 3.70. The first-order valence-electron chi connectivity index (χ1n) is 8.13. The lowest BCUT2D eigenvalue weighted by molar-refractivity contribution is 1.09. The highest BCUT2D eigenvalue weighted by atomic mass is 79.9. The fourth-order valence-corrected chi connectivity index (χ4v) is 2.87. The molecule has 7 nitrogen and oxygen atoms in total. The molecule has 2 heterocycles. The number of hydrogen-bond acceptors (Lipinski definition) is 6. The maximum atomic E-state index is 4.37. The van der Waals surface area contributed by atoms with Crippen molar-refractivity contribution in [3.05, 3.63) is 77.7 Å². The molecule has 132 valence electrons. The minimum absolute atomic E-state index is 0.533. The summed E-state index contributed by atoms with van der Waals surface area (Å²) in [6.45, 7) is 0. The monoisotopic (exact) mass is 419 g/mol. The Kier molecular flexibility index (Phi) is 4.97. The van der Waals surface area contributed by atoms with E-state index < -0.39 is 0 Å². The van der Waals surface area contributed by atoms with Gasteiger partial charge >= 0.3 is 0 Å². The number of rotatable bonds is 5. The average molecular weight is 420 g/mol. The molecule has 4 rings (SSSR count). The Morgan fingerprint density at radius 3 is 2.67 bits per heavy atom. The lowest BCUT2D eigenvalue weighted by Crippen LogP contribution is -1.97. The Labute approximate surface area is 163 Å². The predicted octanol–water partition coefficient (Wildman–Crippen LogP) is 5.64. The molecule has 2 aromatic carbocycles. The van der Waals surface area contributed by atoms with Gasteiger partial charge in [-0.25, -0.2) is 15.0 Å². The Morgan fingerprint density at radius 1 is 0.852 bits per heavy atom. The van der Waals surface area contributed by atoms with Crippen molar-refractivity contribution in [1.29, 1.82) is 0 Å². The van der Waals surface area contributed by atoms with E-state index in [1.54, 1.807) is 12.3 Å². The summed E-state index contributed by atoms with van der Waals surface area (Å²) in [4.78, 5) is 12.8. The lowest BCUT2D eigenvalue weighted by Gasteiger charge is -2.09. The van der Waals surface area contributed by atoms with E-state index in [4.69, 9.17) is 0 Å². The van der Waals surface area contributed by atoms with Gasteiger partial charge in [0.15, 0.2) is 5.82 Å². The molecule has 0 atom stereocenters. The van der Waals surface area contributed by atoms with E-state index in [2.05, 4.69) is 52.0 Å². The van der Waals surface area contributed by atoms with Crippen LogP contribution in [0.25, 0.3) is 10.9 Å². The van der Waals surface area contributed by atoms with Gasteiger partial charge in [-0.15, -0.1) is 5.11 Å². The van der Waals surface area contributed by atoms with Crippen molar-refractivity contribution in [2.24, 2.45) is 10.3 Å².